The van der Waals surface area contributed by atoms with Gasteiger partial charge >= 0.3 is 0 Å². The predicted octanol–water partition coefficient (Wildman–Crippen LogP) is 4.10. The lowest BCUT2D eigenvalue weighted by Crippen LogP contribution is -2.23. The Morgan fingerprint density at radius 3 is 2.91 bits per heavy atom. The fourth-order valence-electron chi connectivity index (χ4n) is 4.69. The number of hydrogen-bond donors (Lipinski definition) is 0. The van der Waals surface area contributed by atoms with Crippen LogP contribution in [0.15, 0.2) is 54.9 Å². The molecular weight excluding hydrogens is 435 g/mol. The largest absolute Gasteiger partial charge is 0.486 e. The highest BCUT2D eigenvalue weighted by molar-refractivity contribution is 5.98. The number of benzene rings is 2. The number of halogens is 1. The van der Waals surface area contributed by atoms with Crippen LogP contribution in [0.25, 0.3) is 22.0 Å². The molecule has 0 radical (unpaired) electrons. The Bertz CT molecular complexity index is 1410. The van der Waals surface area contributed by atoms with Gasteiger partial charge in [0.15, 0.2) is 0 Å². The molecule has 0 N–H and O–H groups in total. The van der Waals surface area contributed by atoms with Crippen LogP contribution in [-0.4, -0.2) is 44.9 Å². The molecule has 1 saturated heterocycles. The van der Waals surface area contributed by atoms with E-state index in [9.17, 15) is 4.79 Å². The van der Waals surface area contributed by atoms with Crippen molar-refractivity contribution in [2.24, 2.45) is 7.05 Å². The first-order valence-electron chi connectivity index (χ1n) is 11.3. The van der Waals surface area contributed by atoms with Crippen LogP contribution in [0.4, 0.5) is 4.39 Å². The Morgan fingerprint density at radius 2 is 2.12 bits per heavy atom. The lowest BCUT2D eigenvalue weighted by atomic mass is 9.99. The molecule has 0 saturated carbocycles. The van der Waals surface area contributed by atoms with Crippen LogP contribution in [0.1, 0.15) is 28.0 Å². The highest BCUT2D eigenvalue weighted by atomic mass is 19.1. The Morgan fingerprint density at radius 1 is 1.21 bits per heavy atom. The average molecular weight is 458 g/mol. The van der Waals surface area contributed by atoms with Crippen LogP contribution in [-0.2, 0) is 24.9 Å². The average Bonchev–Trinajstić information content (AvgIpc) is 3.55. The molecule has 1 fully saturated rings. The van der Waals surface area contributed by atoms with Crippen molar-refractivity contribution in [1.82, 2.24) is 19.7 Å². The Kier molecular flexibility index (Phi) is 5.03. The van der Waals surface area contributed by atoms with Gasteiger partial charge in [-0.25, -0.2) is 4.39 Å². The Labute approximate surface area is 195 Å². The van der Waals surface area contributed by atoms with Crippen molar-refractivity contribution in [3.8, 4) is 16.9 Å². The number of amides is 1. The summed E-state index contributed by atoms with van der Waals surface area (Å²) in [6.07, 6.45) is 4.45. The number of pyridine rings is 1. The Balaban J connectivity index is 1.29. The summed E-state index contributed by atoms with van der Waals surface area (Å²) in [4.78, 5) is 18.5. The molecule has 0 bridgehead atoms. The minimum atomic E-state index is -0.352. The van der Waals surface area contributed by atoms with Crippen LogP contribution < -0.4 is 4.74 Å². The molecule has 0 unspecified atom stereocenters. The lowest BCUT2D eigenvalue weighted by Gasteiger charge is -2.17. The van der Waals surface area contributed by atoms with Gasteiger partial charge in [0.25, 0.3) is 5.91 Å². The van der Waals surface area contributed by atoms with Crippen molar-refractivity contribution in [1.29, 1.82) is 0 Å². The third kappa shape index (κ3) is 3.60. The fourth-order valence-corrected chi connectivity index (χ4v) is 4.69. The summed E-state index contributed by atoms with van der Waals surface area (Å²) in [5.41, 5.74) is 4.14. The van der Waals surface area contributed by atoms with E-state index in [0.29, 0.717) is 36.6 Å². The van der Waals surface area contributed by atoms with Gasteiger partial charge in [-0.05, 0) is 41.5 Å². The van der Waals surface area contributed by atoms with E-state index in [1.165, 1.54) is 6.07 Å². The maximum atomic E-state index is 15.2. The molecule has 34 heavy (non-hydrogen) atoms. The van der Waals surface area contributed by atoms with E-state index < -0.39 is 0 Å². The molecule has 0 spiro atoms. The molecule has 4 aromatic rings. The van der Waals surface area contributed by atoms with Gasteiger partial charge in [-0.1, -0.05) is 12.1 Å². The normalized spacial score (nSPS) is 17.5. The molecule has 8 heteroatoms. The second-order valence-electron chi connectivity index (χ2n) is 8.74. The maximum Gasteiger partial charge on any atom is 0.256 e. The van der Waals surface area contributed by atoms with Gasteiger partial charge in [-0.2, -0.15) is 5.10 Å². The van der Waals surface area contributed by atoms with Crippen LogP contribution in [0.2, 0.25) is 0 Å². The van der Waals surface area contributed by atoms with E-state index in [1.54, 1.807) is 34.0 Å². The van der Waals surface area contributed by atoms with E-state index in [-0.39, 0.29) is 24.4 Å². The zero-order valence-corrected chi connectivity index (χ0v) is 18.7. The second-order valence-corrected chi connectivity index (χ2v) is 8.74. The third-order valence-electron chi connectivity index (χ3n) is 6.41. The van der Waals surface area contributed by atoms with Gasteiger partial charge in [-0.3, -0.25) is 14.5 Å². The van der Waals surface area contributed by atoms with Crippen molar-refractivity contribution in [2.75, 3.05) is 13.2 Å². The number of aryl methyl sites for hydroxylation is 1. The fraction of sp³-hybridized carbons (Fsp3) is 0.269. The molecule has 2 aromatic carbocycles. The van der Waals surface area contributed by atoms with E-state index in [2.05, 4.69) is 10.1 Å². The zero-order chi connectivity index (χ0) is 23.2. The van der Waals surface area contributed by atoms with Crippen molar-refractivity contribution in [2.45, 2.75) is 25.6 Å². The third-order valence-corrected chi connectivity index (χ3v) is 6.41. The minimum absolute atomic E-state index is 0.0161. The number of carbonyl (C=O) groups excluding carboxylic acids is 1. The standard InChI is InChI=1S/C26H23FN4O3/c1-30-13-21-19(6-7-24(25(21)29-30)34-18-8-10-33-15-18)16-4-5-17(22(27)11-16)12-31-14-23-20(26(31)32)3-2-9-28-23/h2-7,9,11,13,18H,8,10,12,14-15H2,1H3/t18-/m1/s1. The van der Waals surface area contributed by atoms with Crippen LogP contribution >= 0.6 is 0 Å². The van der Waals surface area contributed by atoms with Crippen molar-refractivity contribution < 1.29 is 18.7 Å². The summed E-state index contributed by atoms with van der Waals surface area (Å²) in [5.74, 6) is 0.231. The zero-order valence-electron chi connectivity index (χ0n) is 18.7. The van der Waals surface area contributed by atoms with Crippen molar-refractivity contribution >= 4 is 16.8 Å². The van der Waals surface area contributed by atoms with Gasteiger partial charge in [0.05, 0.1) is 31.0 Å². The molecule has 1 atom stereocenters. The van der Waals surface area contributed by atoms with Gasteiger partial charge in [0.1, 0.15) is 23.2 Å². The number of nitrogens with zero attached hydrogens (tertiary/aromatic N) is 4. The van der Waals surface area contributed by atoms with E-state index in [1.807, 2.05) is 31.4 Å². The van der Waals surface area contributed by atoms with Crippen LogP contribution in [0.3, 0.4) is 0 Å². The summed E-state index contributed by atoms with van der Waals surface area (Å²) in [6, 6.07) is 12.5. The molecule has 4 heterocycles. The second kappa shape index (κ2) is 8.22. The quantitative estimate of drug-likeness (QED) is 0.451. The number of fused-ring (bicyclic) bond motifs is 2. The summed E-state index contributed by atoms with van der Waals surface area (Å²) in [6.45, 7) is 1.86. The molecule has 7 nitrogen and oxygen atoms in total. The summed E-state index contributed by atoms with van der Waals surface area (Å²) < 4.78 is 28.5. The van der Waals surface area contributed by atoms with E-state index in [4.69, 9.17) is 9.47 Å². The molecular formula is C26H23FN4O3. The minimum Gasteiger partial charge on any atom is -0.486 e. The number of rotatable bonds is 5. The molecule has 2 aromatic heterocycles. The first kappa shape index (κ1) is 20.8. The molecule has 2 aliphatic heterocycles. The topological polar surface area (TPSA) is 69.5 Å². The smallest absolute Gasteiger partial charge is 0.256 e. The van der Waals surface area contributed by atoms with Crippen LogP contribution in [0, 0.1) is 5.82 Å². The summed E-state index contributed by atoms with van der Waals surface area (Å²) in [5, 5.41) is 5.48. The predicted molar refractivity (Wildman–Crippen MR) is 124 cm³/mol. The summed E-state index contributed by atoms with van der Waals surface area (Å²) >= 11 is 0. The van der Waals surface area contributed by atoms with Gasteiger partial charge < -0.3 is 14.4 Å². The SMILES string of the molecule is Cn1cc2c(-c3ccc(CN4Cc5ncccc5C4=O)c(F)c3)ccc(O[C@@H]3CCOC3)c2n1. The van der Waals surface area contributed by atoms with E-state index in [0.717, 1.165) is 34.1 Å². The molecule has 1 amide bonds. The summed E-state index contributed by atoms with van der Waals surface area (Å²) in [7, 11) is 1.86. The lowest BCUT2D eigenvalue weighted by molar-refractivity contribution is 0.0765. The number of aromatic nitrogens is 3. The molecule has 0 aliphatic carbocycles. The Hall–Kier alpha value is -3.78. The monoisotopic (exact) mass is 458 g/mol. The van der Waals surface area contributed by atoms with Crippen molar-refractivity contribution in [3.05, 3.63) is 77.5 Å². The highest BCUT2D eigenvalue weighted by Crippen LogP contribution is 2.35. The maximum absolute atomic E-state index is 15.2. The van der Waals surface area contributed by atoms with E-state index >= 15 is 4.39 Å². The first-order valence-corrected chi connectivity index (χ1v) is 11.3. The number of ether oxygens (including phenoxy) is 2. The molecule has 172 valence electrons. The molecule has 6 rings (SSSR count). The van der Waals surface area contributed by atoms with Gasteiger partial charge in [0, 0.05) is 43.4 Å². The van der Waals surface area contributed by atoms with Crippen LogP contribution in [0.5, 0.6) is 5.75 Å². The van der Waals surface area contributed by atoms with Gasteiger partial charge in [-0.15, -0.1) is 0 Å². The van der Waals surface area contributed by atoms with Crippen molar-refractivity contribution in [3.63, 3.8) is 0 Å². The first-order chi connectivity index (χ1) is 16.6. The number of hydrogen-bond acceptors (Lipinski definition) is 5. The highest BCUT2D eigenvalue weighted by Gasteiger charge is 2.28. The van der Waals surface area contributed by atoms with Gasteiger partial charge in [0.2, 0.25) is 0 Å². The molecule has 2 aliphatic rings. The number of carbonyl (C=O) groups is 1.